The van der Waals surface area contributed by atoms with Crippen molar-refractivity contribution in [3.63, 3.8) is 0 Å². The van der Waals surface area contributed by atoms with E-state index >= 15 is 0 Å². The highest BCUT2D eigenvalue weighted by molar-refractivity contribution is 5.98. The van der Waals surface area contributed by atoms with Gasteiger partial charge in [-0.25, -0.2) is 0 Å². The van der Waals surface area contributed by atoms with E-state index in [0.717, 1.165) is 53.5 Å². The van der Waals surface area contributed by atoms with Crippen LogP contribution in [0.4, 0.5) is 5.69 Å². The van der Waals surface area contributed by atoms with Gasteiger partial charge >= 0.3 is 0 Å². The van der Waals surface area contributed by atoms with Crippen LogP contribution in [0.15, 0.2) is 66.7 Å². The van der Waals surface area contributed by atoms with E-state index in [1.807, 2.05) is 43.3 Å². The summed E-state index contributed by atoms with van der Waals surface area (Å²) in [4.78, 5) is 40.4. The number of nitrogens with two attached hydrogens (primary N) is 1. The number of methoxy groups -OCH3 is 1. The first-order valence-corrected chi connectivity index (χ1v) is 18.1. The average molecular weight is 727 g/mol. The average Bonchev–Trinajstić information content (AvgIpc) is 3.73. The summed E-state index contributed by atoms with van der Waals surface area (Å²) in [5, 5.41) is 23.0. The first-order valence-electron chi connectivity index (χ1n) is 18.1. The number of tetrazole rings is 1. The van der Waals surface area contributed by atoms with Crippen molar-refractivity contribution in [3.8, 4) is 22.5 Å². The molecule has 0 spiro atoms. The lowest BCUT2D eigenvalue weighted by atomic mass is 9.81. The van der Waals surface area contributed by atoms with Crippen LogP contribution in [-0.4, -0.2) is 97.6 Å². The summed E-state index contributed by atoms with van der Waals surface area (Å²) in [6.45, 7) is 5.30. The summed E-state index contributed by atoms with van der Waals surface area (Å²) in [5.41, 5.74) is 11.4. The van der Waals surface area contributed by atoms with E-state index in [1.54, 1.807) is 37.4 Å². The molecule has 3 amide bonds. The molecule has 1 atom stereocenters. The molecule has 1 aromatic heterocycles. The number of aromatic amines is 1. The molecule has 3 aromatic carbocycles. The van der Waals surface area contributed by atoms with E-state index in [9.17, 15) is 14.4 Å². The molecule has 1 saturated carbocycles. The zero-order chi connectivity index (χ0) is 37.4. The Hall–Kier alpha value is -5.02. The lowest BCUT2D eigenvalue weighted by molar-refractivity contribution is -0.130. The van der Waals surface area contributed by atoms with E-state index in [0.29, 0.717) is 69.1 Å². The third kappa shape index (κ3) is 11.7. The van der Waals surface area contributed by atoms with Gasteiger partial charge in [-0.1, -0.05) is 30.3 Å². The smallest absolute Gasteiger partial charge is 0.251 e. The number of H-pyrrole nitrogens is 1. The Balaban J connectivity index is 1.26. The zero-order valence-electron chi connectivity index (χ0n) is 30.4. The highest BCUT2D eigenvalue weighted by atomic mass is 16.5. The summed E-state index contributed by atoms with van der Waals surface area (Å²) in [6, 6.07) is 19.7. The molecule has 0 bridgehead atoms. The van der Waals surface area contributed by atoms with Crippen molar-refractivity contribution in [3.05, 3.63) is 83.4 Å². The summed E-state index contributed by atoms with van der Waals surface area (Å²) in [6.07, 6.45) is 3.55. The molecular weight excluding hydrogens is 676 g/mol. The van der Waals surface area contributed by atoms with E-state index in [1.165, 1.54) is 0 Å². The summed E-state index contributed by atoms with van der Waals surface area (Å²) >= 11 is 0. The van der Waals surface area contributed by atoms with E-state index in [2.05, 4.69) is 36.6 Å². The number of rotatable bonds is 19. The van der Waals surface area contributed by atoms with Gasteiger partial charge in [-0.15, -0.1) is 10.2 Å². The van der Waals surface area contributed by atoms with Gasteiger partial charge in [0, 0.05) is 42.8 Å². The number of aryl methyl sites for hydroxylation is 1. The summed E-state index contributed by atoms with van der Waals surface area (Å²) < 4.78 is 15.9. The Bertz CT molecular complexity index is 1760. The van der Waals surface area contributed by atoms with Crippen molar-refractivity contribution in [2.24, 2.45) is 17.6 Å². The van der Waals surface area contributed by atoms with Crippen LogP contribution in [0, 0.1) is 18.8 Å². The standard InChI is InChI=1S/C39H50N8O6/c1-26-6-7-28(22-34(26)31-4-3-5-32(24-31)37(48)41-16-17-52-20-21-53-19-18-51-2)23-35(43-38(49)30-10-8-27(25-40)9-11-30)39(50)42-33-14-12-29(13-15-33)36-44-46-47-45-36/h3-7,12-15,22,24,27,30,35H,8-11,16-21,23,25,40H2,1-2H3,(H,41,48)(H,42,50)(H,43,49)(H,44,45,46,47)/t27?,30?,35-/m0/s1. The molecule has 1 heterocycles. The van der Waals surface area contributed by atoms with E-state index in [4.69, 9.17) is 19.9 Å². The first-order chi connectivity index (χ1) is 25.8. The lowest BCUT2D eigenvalue weighted by Crippen LogP contribution is -2.48. The summed E-state index contributed by atoms with van der Waals surface area (Å²) in [7, 11) is 1.62. The molecule has 1 aliphatic carbocycles. The van der Waals surface area contributed by atoms with Gasteiger partial charge in [-0.05, 0) is 109 Å². The van der Waals surface area contributed by atoms with Crippen molar-refractivity contribution in [1.82, 2.24) is 31.3 Å². The number of benzene rings is 3. The maximum Gasteiger partial charge on any atom is 0.251 e. The normalized spacial score (nSPS) is 16.1. The van der Waals surface area contributed by atoms with Crippen LogP contribution >= 0.6 is 0 Å². The molecular formula is C39H50N8O6. The number of amides is 3. The topological polar surface area (TPSA) is 195 Å². The van der Waals surface area contributed by atoms with Crippen LogP contribution in [0.1, 0.15) is 47.2 Å². The molecule has 282 valence electrons. The fraction of sp³-hybridized carbons (Fsp3) is 0.436. The number of ether oxygens (including phenoxy) is 3. The van der Waals surface area contributed by atoms with Gasteiger partial charge in [0.15, 0.2) is 0 Å². The van der Waals surface area contributed by atoms with Crippen LogP contribution in [0.5, 0.6) is 0 Å². The quantitative estimate of drug-likeness (QED) is 0.0890. The summed E-state index contributed by atoms with van der Waals surface area (Å²) in [5.74, 6) is 0.0481. The Morgan fingerprint density at radius 3 is 2.38 bits per heavy atom. The number of carbonyl (C=O) groups excluding carboxylic acids is 3. The van der Waals surface area contributed by atoms with Gasteiger partial charge in [0.25, 0.3) is 5.91 Å². The van der Waals surface area contributed by atoms with Gasteiger partial charge in [0.2, 0.25) is 17.6 Å². The van der Waals surface area contributed by atoms with Crippen molar-refractivity contribution in [1.29, 1.82) is 0 Å². The maximum absolute atomic E-state index is 13.8. The minimum absolute atomic E-state index is 0.125. The minimum Gasteiger partial charge on any atom is -0.382 e. The number of nitrogens with one attached hydrogen (secondary N) is 4. The molecule has 14 nitrogen and oxygen atoms in total. The molecule has 14 heteroatoms. The molecule has 1 fully saturated rings. The Kier molecular flexibility index (Phi) is 15.0. The molecule has 4 aromatic rings. The van der Waals surface area contributed by atoms with Crippen molar-refractivity contribution >= 4 is 23.4 Å². The number of carbonyl (C=O) groups is 3. The minimum atomic E-state index is -0.835. The van der Waals surface area contributed by atoms with Crippen LogP contribution in [0.25, 0.3) is 22.5 Å². The number of anilines is 1. The Morgan fingerprint density at radius 1 is 0.906 bits per heavy atom. The maximum atomic E-state index is 13.8. The molecule has 6 N–H and O–H groups in total. The fourth-order valence-electron chi connectivity index (χ4n) is 6.35. The third-order valence-corrected chi connectivity index (χ3v) is 9.45. The number of nitrogens with zero attached hydrogens (tertiary/aromatic N) is 3. The molecule has 53 heavy (non-hydrogen) atoms. The number of aromatic nitrogens is 4. The molecule has 5 rings (SSSR count). The van der Waals surface area contributed by atoms with Crippen molar-refractivity contribution < 1.29 is 28.6 Å². The van der Waals surface area contributed by atoms with Gasteiger partial charge in [0.05, 0.1) is 33.0 Å². The van der Waals surface area contributed by atoms with Gasteiger partial charge in [0.1, 0.15) is 6.04 Å². The van der Waals surface area contributed by atoms with Crippen LogP contribution in [-0.2, 0) is 30.2 Å². The molecule has 1 aliphatic rings. The second-order valence-corrected chi connectivity index (χ2v) is 13.2. The second kappa shape index (κ2) is 20.3. The largest absolute Gasteiger partial charge is 0.382 e. The second-order valence-electron chi connectivity index (χ2n) is 13.2. The van der Waals surface area contributed by atoms with Crippen LogP contribution in [0.3, 0.4) is 0 Å². The van der Waals surface area contributed by atoms with Crippen molar-refractivity contribution in [2.75, 3.05) is 58.6 Å². The van der Waals surface area contributed by atoms with Gasteiger partial charge in [-0.3, -0.25) is 14.4 Å². The zero-order valence-corrected chi connectivity index (χ0v) is 30.4. The molecule has 0 saturated heterocycles. The Morgan fingerprint density at radius 2 is 1.66 bits per heavy atom. The van der Waals surface area contributed by atoms with E-state index < -0.39 is 6.04 Å². The highest BCUT2D eigenvalue weighted by Crippen LogP contribution is 2.29. The third-order valence-electron chi connectivity index (χ3n) is 9.45. The fourth-order valence-corrected chi connectivity index (χ4v) is 6.35. The first kappa shape index (κ1) is 39.2. The SMILES string of the molecule is COCCOCCOCCNC(=O)c1cccc(-c2cc(C[C@H](NC(=O)C3CCC(CN)CC3)C(=O)Nc3ccc(-c4nn[nH]n4)cc3)ccc2C)c1. The molecule has 0 aliphatic heterocycles. The van der Waals surface area contributed by atoms with Crippen LogP contribution < -0.4 is 21.7 Å². The van der Waals surface area contributed by atoms with E-state index in [-0.39, 0.29) is 30.1 Å². The highest BCUT2D eigenvalue weighted by Gasteiger charge is 2.29. The monoisotopic (exact) mass is 726 g/mol. The van der Waals surface area contributed by atoms with Gasteiger partial charge in [-0.2, -0.15) is 5.21 Å². The lowest BCUT2D eigenvalue weighted by Gasteiger charge is -2.28. The van der Waals surface area contributed by atoms with Crippen LogP contribution in [0.2, 0.25) is 0 Å². The number of hydrogen-bond donors (Lipinski definition) is 5. The van der Waals surface area contributed by atoms with Crippen molar-refractivity contribution in [2.45, 2.75) is 45.1 Å². The Labute approximate surface area is 309 Å². The molecule has 0 radical (unpaired) electrons. The predicted octanol–water partition coefficient (Wildman–Crippen LogP) is 3.68. The van der Waals surface area contributed by atoms with Gasteiger partial charge < -0.3 is 35.9 Å². The molecule has 0 unspecified atom stereocenters. The number of hydrogen-bond acceptors (Lipinski definition) is 10. The predicted molar refractivity (Wildman–Crippen MR) is 201 cm³/mol.